The van der Waals surface area contributed by atoms with Gasteiger partial charge in [-0.1, -0.05) is 13.8 Å². The Labute approximate surface area is 102 Å². The van der Waals surface area contributed by atoms with Gasteiger partial charge in [-0.05, 0) is 36.8 Å². The number of amides is 1. The Balaban J connectivity index is 2.51. The molecule has 1 amide bonds. The van der Waals surface area contributed by atoms with E-state index in [4.69, 9.17) is 4.74 Å². The smallest absolute Gasteiger partial charge is 0.242 e. The Bertz CT molecular complexity index is 383. The Morgan fingerprint density at radius 1 is 1.41 bits per heavy atom. The van der Waals surface area contributed by atoms with Gasteiger partial charge in [0.2, 0.25) is 5.91 Å². The first-order valence-corrected chi connectivity index (χ1v) is 5.69. The van der Waals surface area contributed by atoms with Crippen molar-refractivity contribution in [2.75, 3.05) is 6.61 Å². The van der Waals surface area contributed by atoms with Crippen molar-refractivity contribution in [3.8, 4) is 5.75 Å². The summed E-state index contributed by atoms with van der Waals surface area (Å²) in [4.78, 5) is 11.2. The van der Waals surface area contributed by atoms with Crippen LogP contribution in [0.4, 0.5) is 0 Å². The normalized spacial score (nSPS) is 10.8. The largest absolute Gasteiger partial charge is 0.494 e. The fraction of sp³-hybridized carbons (Fsp3) is 0.385. The van der Waals surface area contributed by atoms with Crippen LogP contribution in [-0.4, -0.2) is 18.7 Å². The third-order valence-corrected chi connectivity index (χ3v) is 2.10. The van der Waals surface area contributed by atoms with Crippen molar-refractivity contribution in [2.24, 2.45) is 11.0 Å². The van der Waals surface area contributed by atoms with Crippen molar-refractivity contribution >= 4 is 12.1 Å². The van der Waals surface area contributed by atoms with Crippen molar-refractivity contribution in [1.29, 1.82) is 0 Å². The summed E-state index contributed by atoms with van der Waals surface area (Å²) in [6.45, 7) is 6.23. The number of carbonyl (C=O) groups is 1. The molecule has 1 N–H and O–H groups in total. The number of carbonyl (C=O) groups excluding carboxylic acids is 1. The van der Waals surface area contributed by atoms with E-state index in [1.807, 2.05) is 45.0 Å². The molecule has 17 heavy (non-hydrogen) atoms. The van der Waals surface area contributed by atoms with E-state index in [-0.39, 0.29) is 11.8 Å². The number of ether oxygens (including phenoxy) is 1. The second-order valence-corrected chi connectivity index (χ2v) is 3.89. The van der Waals surface area contributed by atoms with Crippen LogP contribution in [0.1, 0.15) is 26.3 Å². The average molecular weight is 234 g/mol. The van der Waals surface area contributed by atoms with Gasteiger partial charge in [0.25, 0.3) is 0 Å². The summed E-state index contributed by atoms with van der Waals surface area (Å²) in [5.41, 5.74) is 3.38. The number of benzene rings is 1. The zero-order chi connectivity index (χ0) is 12.7. The minimum Gasteiger partial charge on any atom is -0.494 e. The zero-order valence-corrected chi connectivity index (χ0v) is 10.4. The van der Waals surface area contributed by atoms with Crippen LogP contribution in [0.5, 0.6) is 5.75 Å². The fourth-order valence-electron chi connectivity index (χ4n) is 1.12. The van der Waals surface area contributed by atoms with Crippen molar-refractivity contribution < 1.29 is 9.53 Å². The molecule has 1 aromatic carbocycles. The number of hydrogen-bond donors (Lipinski definition) is 1. The molecular weight excluding hydrogens is 216 g/mol. The number of hydrazone groups is 1. The van der Waals surface area contributed by atoms with Crippen LogP contribution >= 0.6 is 0 Å². The minimum absolute atomic E-state index is 0.0625. The number of rotatable bonds is 5. The van der Waals surface area contributed by atoms with E-state index in [2.05, 4.69) is 10.5 Å². The molecule has 92 valence electrons. The first-order chi connectivity index (χ1) is 8.13. The maximum Gasteiger partial charge on any atom is 0.242 e. The van der Waals surface area contributed by atoms with Gasteiger partial charge in [-0.25, -0.2) is 5.43 Å². The zero-order valence-electron chi connectivity index (χ0n) is 10.4. The molecular formula is C13H18N2O2. The summed E-state index contributed by atoms with van der Waals surface area (Å²) in [6, 6.07) is 7.51. The fourth-order valence-corrected chi connectivity index (χ4v) is 1.12. The van der Waals surface area contributed by atoms with Crippen LogP contribution in [0.3, 0.4) is 0 Å². The molecule has 0 aromatic heterocycles. The van der Waals surface area contributed by atoms with Gasteiger partial charge in [0, 0.05) is 5.92 Å². The first kappa shape index (κ1) is 13.2. The number of nitrogens with zero attached hydrogens (tertiary/aromatic N) is 1. The van der Waals surface area contributed by atoms with Crippen molar-refractivity contribution in [2.45, 2.75) is 20.8 Å². The predicted octanol–water partition coefficient (Wildman–Crippen LogP) is 2.19. The van der Waals surface area contributed by atoms with Gasteiger partial charge in [0.1, 0.15) is 5.75 Å². The minimum atomic E-state index is -0.0906. The summed E-state index contributed by atoms with van der Waals surface area (Å²) in [6.07, 6.45) is 1.61. The Morgan fingerprint density at radius 3 is 2.59 bits per heavy atom. The first-order valence-electron chi connectivity index (χ1n) is 5.69. The van der Waals surface area contributed by atoms with Crippen LogP contribution in [-0.2, 0) is 4.79 Å². The van der Waals surface area contributed by atoms with Crippen molar-refractivity contribution in [3.05, 3.63) is 29.8 Å². The van der Waals surface area contributed by atoms with Gasteiger partial charge < -0.3 is 4.74 Å². The summed E-state index contributed by atoms with van der Waals surface area (Å²) < 4.78 is 5.32. The third-order valence-electron chi connectivity index (χ3n) is 2.10. The highest BCUT2D eigenvalue weighted by molar-refractivity contribution is 5.83. The van der Waals surface area contributed by atoms with E-state index < -0.39 is 0 Å². The number of hydrogen-bond acceptors (Lipinski definition) is 3. The SMILES string of the molecule is CCOc1ccc(/C=N\NC(=O)C(C)C)cc1. The molecule has 0 heterocycles. The molecule has 0 radical (unpaired) electrons. The highest BCUT2D eigenvalue weighted by atomic mass is 16.5. The molecule has 4 heteroatoms. The van der Waals surface area contributed by atoms with Crippen molar-refractivity contribution in [3.63, 3.8) is 0 Å². The quantitative estimate of drug-likeness (QED) is 0.627. The topological polar surface area (TPSA) is 50.7 Å². The van der Waals surface area contributed by atoms with E-state index in [9.17, 15) is 4.79 Å². The lowest BCUT2D eigenvalue weighted by Gasteiger charge is -2.03. The monoisotopic (exact) mass is 234 g/mol. The van der Waals surface area contributed by atoms with E-state index in [1.165, 1.54) is 0 Å². The van der Waals surface area contributed by atoms with E-state index in [0.29, 0.717) is 6.61 Å². The van der Waals surface area contributed by atoms with Crippen LogP contribution in [0.2, 0.25) is 0 Å². The van der Waals surface area contributed by atoms with Crippen LogP contribution in [0.15, 0.2) is 29.4 Å². The van der Waals surface area contributed by atoms with E-state index in [1.54, 1.807) is 6.21 Å². The molecule has 0 aliphatic heterocycles. The lowest BCUT2D eigenvalue weighted by molar-refractivity contribution is -0.123. The Hall–Kier alpha value is -1.84. The molecule has 0 aliphatic rings. The standard InChI is InChI=1S/C13H18N2O2/c1-4-17-12-7-5-11(6-8-12)9-14-15-13(16)10(2)3/h5-10H,4H2,1-3H3,(H,15,16)/b14-9-. The molecule has 4 nitrogen and oxygen atoms in total. The summed E-state index contributed by atoms with van der Waals surface area (Å²) >= 11 is 0. The average Bonchev–Trinajstić information content (AvgIpc) is 2.31. The van der Waals surface area contributed by atoms with Gasteiger partial charge in [-0.2, -0.15) is 5.10 Å². The second kappa shape index (κ2) is 6.68. The van der Waals surface area contributed by atoms with Gasteiger partial charge in [-0.3, -0.25) is 4.79 Å². The molecule has 0 spiro atoms. The highest BCUT2D eigenvalue weighted by Crippen LogP contribution is 2.10. The van der Waals surface area contributed by atoms with E-state index in [0.717, 1.165) is 11.3 Å². The Kier molecular flexibility index (Phi) is 5.20. The second-order valence-electron chi connectivity index (χ2n) is 3.89. The predicted molar refractivity (Wildman–Crippen MR) is 68.2 cm³/mol. The van der Waals surface area contributed by atoms with Crippen molar-refractivity contribution in [1.82, 2.24) is 5.43 Å². The van der Waals surface area contributed by atoms with Gasteiger partial charge >= 0.3 is 0 Å². The van der Waals surface area contributed by atoms with Crippen LogP contribution in [0, 0.1) is 5.92 Å². The molecule has 0 bridgehead atoms. The molecule has 0 aliphatic carbocycles. The van der Waals surface area contributed by atoms with Gasteiger partial charge in [-0.15, -0.1) is 0 Å². The maximum atomic E-state index is 11.2. The molecule has 0 fully saturated rings. The summed E-state index contributed by atoms with van der Waals surface area (Å²) in [7, 11) is 0. The summed E-state index contributed by atoms with van der Waals surface area (Å²) in [5, 5.41) is 3.87. The number of nitrogens with one attached hydrogen (secondary N) is 1. The van der Waals surface area contributed by atoms with E-state index >= 15 is 0 Å². The molecule has 1 rings (SSSR count). The lowest BCUT2D eigenvalue weighted by atomic mass is 10.2. The molecule has 0 atom stereocenters. The van der Waals surface area contributed by atoms with Crippen LogP contribution < -0.4 is 10.2 Å². The van der Waals surface area contributed by atoms with Crippen LogP contribution in [0.25, 0.3) is 0 Å². The third kappa shape index (κ3) is 4.68. The Morgan fingerprint density at radius 2 is 2.06 bits per heavy atom. The molecule has 1 aromatic rings. The maximum absolute atomic E-state index is 11.2. The molecule has 0 saturated carbocycles. The molecule has 0 saturated heterocycles. The molecule has 0 unspecified atom stereocenters. The summed E-state index contributed by atoms with van der Waals surface area (Å²) in [5.74, 6) is 0.676. The highest BCUT2D eigenvalue weighted by Gasteiger charge is 2.03. The van der Waals surface area contributed by atoms with Gasteiger partial charge in [0.15, 0.2) is 0 Å². The lowest BCUT2D eigenvalue weighted by Crippen LogP contribution is -2.22. The van der Waals surface area contributed by atoms with Gasteiger partial charge in [0.05, 0.1) is 12.8 Å².